The summed E-state index contributed by atoms with van der Waals surface area (Å²) in [4.78, 5) is 20.1. The van der Waals surface area contributed by atoms with E-state index in [0.717, 1.165) is 59.9 Å². The molecule has 0 spiro atoms. The molecule has 47 heavy (non-hydrogen) atoms. The van der Waals surface area contributed by atoms with Crippen LogP contribution in [0.25, 0.3) is 21.5 Å². The lowest BCUT2D eigenvalue weighted by molar-refractivity contribution is -0.137. The molecule has 2 aliphatic heterocycles. The molecule has 14 heteroatoms. The smallest absolute Gasteiger partial charge is 0.360 e. The number of piperidine rings is 1. The third-order valence-electron chi connectivity index (χ3n) is 10.2. The van der Waals surface area contributed by atoms with E-state index in [1.54, 1.807) is 31.2 Å². The van der Waals surface area contributed by atoms with E-state index in [-0.39, 0.29) is 40.9 Å². The van der Waals surface area contributed by atoms with E-state index in [2.05, 4.69) is 20.1 Å². The van der Waals surface area contributed by atoms with Crippen LogP contribution in [0.2, 0.25) is 0 Å². The number of nitrogens with zero attached hydrogens (tertiary/aromatic N) is 3. The average molecular weight is 686 g/mol. The Balaban J connectivity index is 0.977. The average Bonchev–Trinajstić information content (AvgIpc) is 3.91. The fourth-order valence-electron chi connectivity index (χ4n) is 7.12. The number of nitrogens with one attached hydrogen (secondary N) is 2. The first kappa shape index (κ1) is 30.8. The molecule has 9 nitrogen and oxygen atoms in total. The quantitative estimate of drug-likeness (QED) is 0.199. The molecule has 2 unspecified atom stereocenters. The number of hydrogen-bond donors (Lipinski definition) is 2. The zero-order valence-electron chi connectivity index (χ0n) is 25.6. The van der Waals surface area contributed by atoms with Gasteiger partial charge in [0.2, 0.25) is 10.0 Å². The molecular weight excluding hydrogens is 652 g/mol. The lowest BCUT2D eigenvalue weighted by Gasteiger charge is -2.39. The highest BCUT2D eigenvalue weighted by Crippen LogP contribution is 2.47. The van der Waals surface area contributed by atoms with Crippen LogP contribution in [0.15, 0.2) is 47.0 Å². The fourth-order valence-corrected chi connectivity index (χ4v) is 9.52. The standard InChI is InChI=1S/C33H34F3N5O4S2/c1-32(12-13-32)47(43,44)40-30(42)19-8-11-26-27(14-19)46-31(38-26)41-21-9-10-22(41)16-20(15-21)37-17-24-28(39-45-29(24)18-6-7-18)23-4-2-3-5-25(23)33(34,35)36/h2-5,8,11,14,18,20-22,37H,6-7,9-10,12-13,15-17H2,1H3,(H,40,42). The topological polar surface area (TPSA) is 117 Å². The van der Waals surface area contributed by atoms with Crippen molar-refractivity contribution in [2.75, 3.05) is 4.90 Å². The number of fused-ring (bicyclic) bond motifs is 3. The number of anilines is 1. The van der Waals surface area contributed by atoms with Crippen LogP contribution in [0.5, 0.6) is 0 Å². The maximum absolute atomic E-state index is 13.9. The molecule has 2 aromatic heterocycles. The molecule has 2 aromatic carbocycles. The second kappa shape index (κ2) is 11.0. The number of sulfonamides is 1. The molecule has 2 atom stereocenters. The van der Waals surface area contributed by atoms with Crippen LogP contribution >= 0.6 is 11.3 Å². The summed E-state index contributed by atoms with van der Waals surface area (Å²) in [5, 5.41) is 8.69. The lowest BCUT2D eigenvalue weighted by atomic mass is 9.96. The van der Waals surface area contributed by atoms with Crippen LogP contribution in [0.4, 0.5) is 18.3 Å². The molecular formula is C33H34F3N5O4S2. The molecule has 248 valence electrons. The molecule has 2 saturated heterocycles. The Labute approximate surface area is 274 Å². The summed E-state index contributed by atoms with van der Waals surface area (Å²) in [6, 6.07) is 11.3. The summed E-state index contributed by atoms with van der Waals surface area (Å²) in [6.45, 7) is 2.02. The SMILES string of the molecule is CC1(S(=O)(=O)NC(=O)c2ccc3nc(N4C5CCC4CC(NCc4c(-c6ccccc6C(F)(F)F)noc4C4CC4)C5)sc3c2)CC1. The Hall–Kier alpha value is -3.49. The Kier molecular flexibility index (Phi) is 7.23. The molecule has 2 N–H and O–H groups in total. The zero-order valence-corrected chi connectivity index (χ0v) is 27.3. The molecule has 4 fully saturated rings. The number of halogens is 3. The van der Waals surface area contributed by atoms with Crippen molar-refractivity contribution in [3.63, 3.8) is 0 Å². The molecule has 1 amide bonds. The predicted octanol–water partition coefficient (Wildman–Crippen LogP) is 6.75. The molecule has 2 bridgehead atoms. The van der Waals surface area contributed by atoms with E-state index in [1.807, 2.05) is 0 Å². The van der Waals surface area contributed by atoms with Gasteiger partial charge in [-0.05, 0) is 82.6 Å². The lowest BCUT2D eigenvalue weighted by Crippen LogP contribution is -2.49. The number of benzene rings is 2. The summed E-state index contributed by atoms with van der Waals surface area (Å²) >= 11 is 1.50. The highest BCUT2D eigenvalue weighted by atomic mass is 32.2. The van der Waals surface area contributed by atoms with E-state index < -0.39 is 32.4 Å². The van der Waals surface area contributed by atoms with Gasteiger partial charge in [0, 0.05) is 47.3 Å². The van der Waals surface area contributed by atoms with Crippen LogP contribution < -0.4 is 14.9 Å². The van der Waals surface area contributed by atoms with Gasteiger partial charge in [-0.1, -0.05) is 34.7 Å². The monoisotopic (exact) mass is 685 g/mol. The van der Waals surface area contributed by atoms with Crippen LogP contribution in [0, 0.1) is 0 Å². The minimum atomic E-state index is -4.50. The third-order valence-corrected chi connectivity index (χ3v) is 13.4. The van der Waals surface area contributed by atoms with Gasteiger partial charge in [-0.25, -0.2) is 18.1 Å². The van der Waals surface area contributed by atoms with Gasteiger partial charge < -0.3 is 14.7 Å². The summed E-state index contributed by atoms with van der Waals surface area (Å²) in [5.74, 6) is 0.247. The minimum Gasteiger partial charge on any atom is -0.360 e. The Morgan fingerprint density at radius 1 is 1.09 bits per heavy atom. The largest absolute Gasteiger partial charge is 0.417 e. The van der Waals surface area contributed by atoms with Crippen molar-refractivity contribution in [2.24, 2.45) is 0 Å². The molecule has 8 rings (SSSR count). The highest BCUT2D eigenvalue weighted by Gasteiger charge is 2.51. The number of rotatable bonds is 9. The number of amides is 1. The number of carbonyl (C=O) groups is 1. The van der Waals surface area contributed by atoms with Gasteiger partial charge in [-0.2, -0.15) is 13.2 Å². The van der Waals surface area contributed by atoms with Crippen LogP contribution in [-0.2, 0) is 22.7 Å². The van der Waals surface area contributed by atoms with Gasteiger partial charge in [0.15, 0.2) is 5.13 Å². The van der Waals surface area contributed by atoms with E-state index in [0.29, 0.717) is 30.7 Å². The zero-order chi connectivity index (χ0) is 32.7. The maximum atomic E-state index is 13.9. The van der Waals surface area contributed by atoms with Crippen LogP contribution in [0.1, 0.15) is 91.5 Å². The summed E-state index contributed by atoms with van der Waals surface area (Å²) in [6.07, 6.45) is 2.19. The first-order valence-electron chi connectivity index (χ1n) is 16.0. The van der Waals surface area contributed by atoms with Gasteiger partial charge in [0.05, 0.1) is 20.5 Å². The molecule has 4 aromatic rings. The maximum Gasteiger partial charge on any atom is 0.417 e. The molecule has 0 radical (unpaired) electrons. The van der Waals surface area contributed by atoms with Crippen molar-refractivity contribution in [1.82, 2.24) is 20.2 Å². The van der Waals surface area contributed by atoms with E-state index in [1.165, 1.54) is 23.5 Å². The summed E-state index contributed by atoms with van der Waals surface area (Å²) in [5.41, 5.74) is 1.33. The third kappa shape index (κ3) is 5.61. The molecule has 4 heterocycles. The van der Waals surface area contributed by atoms with Crippen molar-refractivity contribution >= 4 is 42.6 Å². The van der Waals surface area contributed by atoms with Crippen molar-refractivity contribution < 1.29 is 30.9 Å². The normalized spacial score (nSPS) is 23.7. The second-order valence-corrected chi connectivity index (χ2v) is 16.8. The minimum absolute atomic E-state index is 0.0395. The highest BCUT2D eigenvalue weighted by molar-refractivity contribution is 7.91. The predicted molar refractivity (Wildman–Crippen MR) is 172 cm³/mol. The Morgan fingerprint density at radius 3 is 2.49 bits per heavy atom. The van der Waals surface area contributed by atoms with Crippen molar-refractivity contribution in [3.8, 4) is 11.3 Å². The van der Waals surface area contributed by atoms with Gasteiger partial charge >= 0.3 is 6.18 Å². The van der Waals surface area contributed by atoms with E-state index in [4.69, 9.17) is 9.51 Å². The number of alkyl halides is 3. The van der Waals surface area contributed by atoms with Gasteiger partial charge in [-0.3, -0.25) is 4.79 Å². The van der Waals surface area contributed by atoms with E-state index in [9.17, 15) is 26.4 Å². The van der Waals surface area contributed by atoms with Crippen LogP contribution in [0.3, 0.4) is 0 Å². The van der Waals surface area contributed by atoms with Gasteiger partial charge in [0.25, 0.3) is 5.91 Å². The number of hydrogen-bond acceptors (Lipinski definition) is 9. The number of carbonyl (C=O) groups excluding carboxylic acids is 1. The van der Waals surface area contributed by atoms with Crippen molar-refractivity contribution in [3.05, 3.63) is 64.9 Å². The van der Waals surface area contributed by atoms with Crippen LogP contribution in [-0.4, -0.2) is 47.3 Å². The van der Waals surface area contributed by atoms with E-state index >= 15 is 0 Å². The molecule has 2 aliphatic carbocycles. The Morgan fingerprint density at radius 2 is 1.81 bits per heavy atom. The van der Waals surface area contributed by atoms with Gasteiger partial charge in [-0.15, -0.1) is 0 Å². The Bertz CT molecular complexity index is 1970. The first-order valence-corrected chi connectivity index (χ1v) is 18.3. The summed E-state index contributed by atoms with van der Waals surface area (Å²) < 4.78 is 74.7. The second-order valence-electron chi connectivity index (χ2n) is 13.6. The fraction of sp³-hybridized carbons (Fsp3) is 0.485. The number of thiazole rings is 1. The first-order chi connectivity index (χ1) is 22.4. The number of aromatic nitrogens is 2. The molecule has 2 saturated carbocycles. The summed E-state index contributed by atoms with van der Waals surface area (Å²) in [7, 11) is -3.74. The van der Waals surface area contributed by atoms with Gasteiger partial charge in [0.1, 0.15) is 11.5 Å². The van der Waals surface area contributed by atoms with Crippen molar-refractivity contribution in [1.29, 1.82) is 0 Å². The molecule has 4 aliphatic rings. The van der Waals surface area contributed by atoms with Crippen molar-refractivity contribution in [2.45, 2.75) is 99.8 Å².